The van der Waals surface area contributed by atoms with Gasteiger partial charge in [0.05, 0.1) is 0 Å². The molecule has 3 aromatic rings. The predicted octanol–water partition coefficient (Wildman–Crippen LogP) is 5.39. The normalized spacial score (nSPS) is 10.3. The summed E-state index contributed by atoms with van der Waals surface area (Å²) in [5, 5.41) is 2.81. The summed E-state index contributed by atoms with van der Waals surface area (Å²) in [6.45, 7) is 1.96. The van der Waals surface area contributed by atoms with Crippen molar-refractivity contribution >= 4 is 17.4 Å². The molecular formula is C23H21NO3. The van der Waals surface area contributed by atoms with E-state index >= 15 is 0 Å². The van der Waals surface area contributed by atoms with Crippen LogP contribution in [0, 0.1) is 6.92 Å². The number of carbonyl (C=O) groups excluding carboxylic acids is 2. The van der Waals surface area contributed by atoms with Gasteiger partial charge < -0.3 is 10.1 Å². The molecule has 1 N–H and O–H groups in total. The maximum Gasteiger partial charge on any atom is 0.224 e. The molecule has 0 heterocycles. The molecule has 4 heteroatoms. The highest BCUT2D eigenvalue weighted by Gasteiger charge is 2.10. The molecule has 1 amide bonds. The van der Waals surface area contributed by atoms with Crippen LogP contribution in [0.4, 0.5) is 5.69 Å². The van der Waals surface area contributed by atoms with E-state index in [4.69, 9.17) is 4.74 Å². The summed E-state index contributed by atoms with van der Waals surface area (Å²) in [5.41, 5.74) is 2.38. The monoisotopic (exact) mass is 359 g/mol. The fourth-order valence-electron chi connectivity index (χ4n) is 2.65. The van der Waals surface area contributed by atoms with E-state index in [-0.39, 0.29) is 24.5 Å². The molecule has 27 heavy (non-hydrogen) atoms. The fourth-order valence-corrected chi connectivity index (χ4v) is 2.65. The zero-order valence-corrected chi connectivity index (χ0v) is 15.1. The van der Waals surface area contributed by atoms with Gasteiger partial charge >= 0.3 is 0 Å². The maximum absolute atomic E-state index is 12.3. The summed E-state index contributed by atoms with van der Waals surface area (Å²) in [6.07, 6.45) is 0.311. The van der Waals surface area contributed by atoms with Crippen LogP contribution in [0.25, 0.3) is 0 Å². The molecule has 136 valence electrons. The van der Waals surface area contributed by atoms with E-state index in [1.165, 1.54) is 0 Å². The first-order chi connectivity index (χ1) is 13.1. The van der Waals surface area contributed by atoms with Crippen LogP contribution < -0.4 is 10.1 Å². The molecule has 0 aliphatic rings. The number of amides is 1. The van der Waals surface area contributed by atoms with Gasteiger partial charge in [-0.15, -0.1) is 0 Å². The average Bonchev–Trinajstić information content (AvgIpc) is 2.67. The molecule has 0 aliphatic heterocycles. The molecule has 0 spiro atoms. The van der Waals surface area contributed by atoms with Crippen LogP contribution >= 0.6 is 0 Å². The quantitative estimate of drug-likeness (QED) is 0.576. The Morgan fingerprint density at radius 1 is 0.815 bits per heavy atom. The van der Waals surface area contributed by atoms with E-state index in [0.717, 1.165) is 17.0 Å². The smallest absolute Gasteiger partial charge is 0.224 e. The Balaban J connectivity index is 1.51. The number of para-hydroxylation sites is 1. The van der Waals surface area contributed by atoms with E-state index in [0.29, 0.717) is 11.3 Å². The van der Waals surface area contributed by atoms with Gasteiger partial charge in [-0.1, -0.05) is 30.3 Å². The maximum atomic E-state index is 12.3. The fraction of sp³-hybridized carbons (Fsp3) is 0.130. The number of carbonyl (C=O) groups is 2. The SMILES string of the molecule is Cc1cccc(NC(=O)CCC(=O)c2ccc(Oc3ccccc3)cc2)c1. The summed E-state index contributed by atoms with van der Waals surface area (Å²) in [5.74, 6) is 1.16. The number of Topliss-reactive ketones (excluding diaryl/α,β-unsaturated/α-hetero) is 1. The number of hydrogen-bond acceptors (Lipinski definition) is 3. The van der Waals surface area contributed by atoms with Gasteiger partial charge in [-0.05, 0) is 61.0 Å². The van der Waals surface area contributed by atoms with E-state index in [2.05, 4.69) is 5.32 Å². The summed E-state index contributed by atoms with van der Waals surface area (Å²) >= 11 is 0. The molecule has 0 atom stereocenters. The van der Waals surface area contributed by atoms with Gasteiger partial charge in [0.25, 0.3) is 0 Å². The van der Waals surface area contributed by atoms with Gasteiger partial charge in [0.1, 0.15) is 11.5 Å². The van der Waals surface area contributed by atoms with Gasteiger partial charge in [0.2, 0.25) is 5.91 Å². The number of nitrogens with one attached hydrogen (secondary N) is 1. The van der Waals surface area contributed by atoms with E-state index in [9.17, 15) is 9.59 Å². The Bertz CT molecular complexity index is 918. The number of ketones is 1. The van der Waals surface area contributed by atoms with Crippen LogP contribution in [0.1, 0.15) is 28.8 Å². The highest BCUT2D eigenvalue weighted by atomic mass is 16.5. The number of hydrogen-bond donors (Lipinski definition) is 1. The van der Waals surface area contributed by atoms with Crippen molar-refractivity contribution in [2.75, 3.05) is 5.32 Å². The van der Waals surface area contributed by atoms with Crippen LogP contribution in [-0.4, -0.2) is 11.7 Å². The van der Waals surface area contributed by atoms with Gasteiger partial charge in [-0.2, -0.15) is 0 Å². The standard InChI is InChI=1S/C23H21NO3/c1-17-6-5-7-19(16-17)24-23(26)15-14-22(25)18-10-12-21(13-11-18)27-20-8-3-2-4-9-20/h2-13,16H,14-15H2,1H3,(H,24,26). The molecule has 4 nitrogen and oxygen atoms in total. The number of anilines is 1. The zero-order chi connectivity index (χ0) is 19.1. The average molecular weight is 359 g/mol. The molecule has 3 aromatic carbocycles. The van der Waals surface area contributed by atoms with Crippen molar-refractivity contribution in [1.29, 1.82) is 0 Å². The minimum atomic E-state index is -0.169. The van der Waals surface area contributed by atoms with Crippen molar-refractivity contribution in [3.63, 3.8) is 0 Å². The van der Waals surface area contributed by atoms with Crippen LogP contribution in [0.3, 0.4) is 0 Å². The number of rotatable bonds is 7. The highest BCUT2D eigenvalue weighted by molar-refractivity contribution is 6.00. The first-order valence-corrected chi connectivity index (χ1v) is 8.83. The summed E-state index contributed by atoms with van der Waals surface area (Å²) < 4.78 is 5.71. The van der Waals surface area contributed by atoms with Crippen LogP contribution in [0.2, 0.25) is 0 Å². The van der Waals surface area contributed by atoms with Crippen molar-refractivity contribution in [2.24, 2.45) is 0 Å². The Morgan fingerprint density at radius 3 is 2.22 bits per heavy atom. The number of aryl methyl sites for hydroxylation is 1. The summed E-state index contributed by atoms with van der Waals surface area (Å²) in [7, 11) is 0. The summed E-state index contributed by atoms with van der Waals surface area (Å²) in [4.78, 5) is 24.3. The molecular weight excluding hydrogens is 338 g/mol. The third-order valence-corrected chi connectivity index (χ3v) is 4.04. The van der Waals surface area contributed by atoms with Crippen molar-refractivity contribution in [3.8, 4) is 11.5 Å². The van der Waals surface area contributed by atoms with Crippen molar-refractivity contribution in [1.82, 2.24) is 0 Å². The third-order valence-electron chi connectivity index (χ3n) is 4.04. The molecule has 0 radical (unpaired) electrons. The lowest BCUT2D eigenvalue weighted by molar-refractivity contribution is -0.116. The number of ether oxygens (including phenoxy) is 1. The second-order valence-electron chi connectivity index (χ2n) is 6.28. The van der Waals surface area contributed by atoms with Crippen LogP contribution in [-0.2, 0) is 4.79 Å². The molecule has 0 fully saturated rings. The van der Waals surface area contributed by atoms with Gasteiger partial charge in [0.15, 0.2) is 5.78 Å². The zero-order valence-electron chi connectivity index (χ0n) is 15.1. The molecule has 0 aliphatic carbocycles. The highest BCUT2D eigenvalue weighted by Crippen LogP contribution is 2.21. The van der Waals surface area contributed by atoms with E-state index in [1.807, 2.05) is 61.5 Å². The molecule has 0 saturated carbocycles. The van der Waals surface area contributed by atoms with Gasteiger partial charge in [0, 0.05) is 24.1 Å². The first kappa shape index (κ1) is 18.4. The molecule has 0 aromatic heterocycles. The molecule has 0 saturated heterocycles. The molecule has 3 rings (SSSR count). The van der Waals surface area contributed by atoms with Crippen molar-refractivity contribution in [2.45, 2.75) is 19.8 Å². The number of benzene rings is 3. The Hall–Kier alpha value is -3.40. The summed E-state index contributed by atoms with van der Waals surface area (Å²) in [6, 6.07) is 24.0. The van der Waals surface area contributed by atoms with Crippen LogP contribution in [0.15, 0.2) is 78.9 Å². The Morgan fingerprint density at radius 2 is 1.52 bits per heavy atom. The lowest BCUT2D eigenvalue weighted by Crippen LogP contribution is -2.13. The second kappa shape index (κ2) is 8.81. The predicted molar refractivity (Wildman–Crippen MR) is 106 cm³/mol. The van der Waals surface area contributed by atoms with Gasteiger partial charge in [-0.3, -0.25) is 9.59 Å². The minimum absolute atomic E-state index is 0.0688. The van der Waals surface area contributed by atoms with Crippen molar-refractivity contribution < 1.29 is 14.3 Å². The van der Waals surface area contributed by atoms with E-state index in [1.54, 1.807) is 24.3 Å². The Labute approximate surface area is 158 Å². The molecule has 0 bridgehead atoms. The lowest BCUT2D eigenvalue weighted by atomic mass is 10.1. The largest absolute Gasteiger partial charge is 0.457 e. The minimum Gasteiger partial charge on any atom is -0.457 e. The second-order valence-corrected chi connectivity index (χ2v) is 6.28. The van der Waals surface area contributed by atoms with Crippen molar-refractivity contribution in [3.05, 3.63) is 90.0 Å². The Kier molecular flexibility index (Phi) is 6.00. The van der Waals surface area contributed by atoms with E-state index < -0.39 is 0 Å². The van der Waals surface area contributed by atoms with Crippen LogP contribution in [0.5, 0.6) is 11.5 Å². The molecule has 0 unspecified atom stereocenters. The third kappa shape index (κ3) is 5.54. The lowest BCUT2D eigenvalue weighted by Gasteiger charge is -2.07. The topological polar surface area (TPSA) is 55.4 Å². The van der Waals surface area contributed by atoms with Gasteiger partial charge in [-0.25, -0.2) is 0 Å². The first-order valence-electron chi connectivity index (χ1n) is 8.83.